The van der Waals surface area contributed by atoms with Crippen molar-refractivity contribution >= 4 is 23.5 Å². The number of hydrogen-bond donors (Lipinski definition) is 0. The number of aromatic nitrogens is 2. The van der Waals surface area contributed by atoms with Gasteiger partial charge >= 0.3 is 6.09 Å². The predicted octanol–water partition coefficient (Wildman–Crippen LogP) is 2.19. The van der Waals surface area contributed by atoms with Crippen LogP contribution >= 0.6 is 11.6 Å². The molecule has 114 valence electrons. The molecule has 2 aliphatic heterocycles. The number of ether oxygens (including phenoxy) is 1. The van der Waals surface area contributed by atoms with Gasteiger partial charge in [-0.15, -0.1) is 0 Å². The molecule has 0 bridgehead atoms. The van der Waals surface area contributed by atoms with Gasteiger partial charge in [0.25, 0.3) is 0 Å². The van der Waals surface area contributed by atoms with Crippen LogP contribution < -0.4 is 4.90 Å². The normalized spacial score (nSPS) is 20.0. The molecule has 0 atom stereocenters. The van der Waals surface area contributed by atoms with Gasteiger partial charge in [0.1, 0.15) is 16.6 Å². The Morgan fingerprint density at radius 1 is 1.29 bits per heavy atom. The van der Waals surface area contributed by atoms with Gasteiger partial charge in [-0.25, -0.2) is 9.78 Å². The summed E-state index contributed by atoms with van der Waals surface area (Å²) >= 11 is 5.85. The van der Waals surface area contributed by atoms with E-state index < -0.39 is 5.60 Å². The number of hydrogen-bond acceptors (Lipinski definition) is 5. The second kappa shape index (κ2) is 4.73. The summed E-state index contributed by atoms with van der Waals surface area (Å²) in [5.74, 6) is 0.795. The number of likely N-dealkylation sites (tertiary alicyclic amines) is 1. The largest absolute Gasteiger partial charge is 0.444 e. The van der Waals surface area contributed by atoms with Crippen LogP contribution in [-0.4, -0.2) is 52.7 Å². The van der Waals surface area contributed by atoms with E-state index >= 15 is 0 Å². The summed E-state index contributed by atoms with van der Waals surface area (Å²) in [5, 5.41) is 0.400. The van der Waals surface area contributed by atoms with E-state index in [2.05, 4.69) is 14.9 Å². The molecule has 3 rings (SSSR count). The fourth-order valence-electron chi connectivity index (χ4n) is 2.83. The van der Waals surface area contributed by atoms with E-state index in [0.29, 0.717) is 5.15 Å². The molecule has 1 aromatic heterocycles. The van der Waals surface area contributed by atoms with Crippen LogP contribution in [-0.2, 0) is 4.74 Å². The standard InChI is InChI=1S/C14H19ClN4O2/c1-13(2,3)21-12(20)19-8-14(9-19)6-18(7-14)11-5-16-4-10(15)17-11/h4-5H,6-9H2,1-3H3. The second-order valence-electron chi connectivity index (χ2n) is 6.89. The molecule has 6 nitrogen and oxygen atoms in total. The zero-order valence-corrected chi connectivity index (χ0v) is 13.2. The number of nitrogens with zero attached hydrogens (tertiary/aromatic N) is 4. The first kappa shape index (κ1) is 14.4. The minimum atomic E-state index is -0.443. The summed E-state index contributed by atoms with van der Waals surface area (Å²) in [6.45, 7) is 8.87. The highest BCUT2D eigenvalue weighted by Crippen LogP contribution is 2.41. The monoisotopic (exact) mass is 310 g/mol. The molecule has 0 aromatic carbocycles. The minimum Gasteiger partial charge on any atom is -0.444 e. The first-order chi connectivity index (χ1) is 9.76. The van der Waals surface area contributed by atoms with Crippen LogP contribution in [0, 0.1) is 5.41 Å². The Balaban J connectivity index is 1.51. The Morgan fingerprint density at radius 3 is 2.52 bits per heavy atom. The lowest BCUT2D eigenvalue weighted by atomic mass is 9.73. The third-order valence-electron chi connectivity index (χ3n) is 3.67. The lowest BCUT2D eigenvalue weighted by Crippen LogP contribution is -2.73. The van der Waals surface area contributed by atoms with Crippen molar-refractivity contribution in [1.82, 2.24) is 14.9 Å². The number of carbonyl (C=O) groups is 1. The Hall–Kier alpha value is -1.56. The molecule has 0 radical (unpaired) electrons. The van der Waals surface area contributed by atoms with Crippen LogP contribution in [0.4, 0.5) is 10.6 Å². The van der Waals surface area contributed by atoms with Crippen LogP contribution in [0.25, 0.3) is 0 Å². The van der Waals surface area contributed by atoms with E-state index in [0.717, 1.165) is 32.0 Å². The van der Waals surface area contributed by atoms with Gasteiger partial charge in [-0.2, -0.15) is 0 Å². The maximum Gasteiger partial charge on any atom is 0.410 e. The zero-order valence-electron chi connectivity index (χ0n) is 12.5. The highest BCUT2D eigenvalue weighted by atomic mass is 35.5. The van der Waals surface area contributed by atoms with Gasteiger partial charge in [0.05, 0.1) is 12.4 Å². The Kier molecular flexibility index (Phi) is 3.24. The molecule has 1 aromatic rings. The molecule has 0 saturated carbocycles. The zero-order chi connectivity index (χ0) is 15.3. The first-order valence-electron chi connectivity index (χ1n) is 6.97. The van der Waals surface area contributed by atoms with Gasteiger partial charge in [-0.3, -0.25) is 4.98 Å². The fraction of sp³-hybridized carbons (Fsp3) is 0.643. The fourth-order valence-corrected chi connectivity index (χ4v) is 2.97. The van der Waals surface area contributed by atoms with Crippen LogP contribution in [0.5, 0.6) is 0 Å². The van der Waals surface area contributed by atoms with Crippen molar-refractivity contribution in [1.29, 1.82) is 0 Å². The van der Waals surface area contributed by atoms with Gasteiger partial charge in [-0.05, 0) is 20.8 Å². The molecular formula is C14H19ClN4O2. The lowest BCUT2D eigenvalue weighted by Gasteiger charge is -2.60. The summed E-state index contributed by atoms with van der Waals surface area (Å²) in [4.78, 5) is 24.1. The average molecular weight is 311 g/mol. The number of rotatable bonds is 1. The third kappa shape index (κ3) is 2.90. The molecule has 0 unspecified atom stereocenters. The van der Waals surface area contributed by atoms with Crippen molar-refractivity contribution in [3.63, 3.8) is 0 Å². The number of carbonyl (C=O) groups excluding carboxylic acids is 1. The summed E-state index contributed by atoms with van der Waals surface area (Å²) in [6.07, 6.45) is 3.01. The quantitative estimate of drug-likeness (QED) is 0.796. The highest BCUT2D eigenvalue weighted by Gasteiger charge is 2.54. The maximum absolute atomic E-state index is 11.9. The topological polar surface area (TPSA) is 58.6 Å². The molecule has 21 heavy (non-hydrogen) atoms. The van der Waals surface area contributed by atoms with Crippen LogP contribution in [0.15, 0.2) is 12.4 Å². The van der Waals surface area contributed by atoms with Crippen molar-refractivity contribution in [2.24, 2.45) is 5.41 Å². The van der Waals surface area contributed by atoms with Gasteiger partial charge in [0, 0.05) is 31.6 Å². The Bertz CT molecular complexity index is 558. The summed E-state index contributed by atoms with van der Waals surface area (Å²) in [6, 6.07) is 0. The second-order valence-corrected chi connectivity index (χ2v) is 7.28. The van der Waals surface area contributed by atoms with Crippen LogP contribution in [0.3, 0.4) is 0 Å². The minimum absolute atomic E-state index is 0.181. The molecule has 2 saturated heterocycles. The van der Waals surface area contributed by atoms with E-state index in [9.17, 15) is 4.79 Å². The van der Waals surface area contributed by atoms with Crippen LogP contribution in [0.1, 0.15) is 20.8 Å². The smallest absolute Gasteiger partial charge is 0.410 e. The van der Waals surface area contributed by atoms with Gasteiger partial charge < -0.3 is 14.5 Å². The average Bonchev–Trinajstić information content (AvgIpc) is 2.22. The van der Waals surface area contributed by atoms with E-state index in [1.54, 1.807) is 11.1 Å². The molecular weight excluding hydrogens is 292 g/mol. The molecule has 3 heterocycles. The van der Waals surface area contributed by atoms with Crippen molar-refractivity contribution in [3.8, 4) is 0 Å². The molecule has 2 fully saturated rings. The van der Waals surface area contributed by atoms with Crippen molar-refractivity contribution in [3.05, 3.63) is 17.5 Å². The van der Waals surface area contributed by atoms with E-state index in [4.69, 9.17) is 16.3 Å². The number of anilines is 1. The summed E-state index contributed by atoms with van der Waals surface area (Å²) in [5.41, 5.74) is -0.261. The van der Waals surface area contributed by atoms with Crippen molar-refractivity contribution in [2.75, 3.05) is 31.1 Å². The number of amides is 1. The van der Waals surface area contributed by atoms with E-state index in [1.165, 1.54) is 6.20 Å². The van der Waals surface area contributed by atoms with Gasteiger partial charge in [0.15, 0.2) is 0 Å². The molecule has 7 heteroatoms. The lowest BCUT2D eigenvalue weighted by molar-refractivity contribution is -0.0454. The van der Waals surface area contributed by atoms with E-state index in [-0.39, 0.29) is 11.5 Å². The molecule has 0 N–H and O–H groups in total. The highest BCUT2D eigenvalue weighted by molar-refractivity contribution is 6.29. The molecule has 1 amide bonds. The Labute approximate surface area is 129 Å². The molecule has 1 spiro atoms. The van der Waals surface area contributed by atoms with Crippen molar-refractivity contribution < 1.29 is 9.53 Å². The molecule has 0 aliphatic carbocycles. The summed E-state index contributed by atoms with van der Waals surface area (Å²) < 4.78 is 5.36. The third-order valence-corrected chi connectivity index (χ3v) is 3.86. The Morgan fingerprint density at radius 2 is 1.95 bits per heavy atom. The number of halogens is 1. The van der Waals surface area contributed by atoms with Gasteiger partial charge in [-0.1, -0.05) is 11.6 Å². The van der Waals surface area contributed by atoms with Crippen molar-refractivity contribution in [2.45, 2.75) is 26.4 Å². The van der Waals surface area contributed by atoms with Crippen LogP contribution in [0.2, 0.25) is 5.15 Å². The molecule has 2 aliphatic rings. The summed E-state index contributed by atoms with van der Waals surface area (Å²) in [7, 11) is 0. The van der Waals surface area contributed by atoms with E-state index in [1.807, 2.05) is 20.8 Å². The maximum atomic E-state index is 11.9. The first-order valence-corrected chi connectivity index (χ1v) is 7.35. The van der Waals surface area contributed by atoms with Gasteiger partial charge in [0.2, 0.25) is 0 Å². The SMILES string of the molecule is CC(C)(C)OC(=O)N1CC2(C1)CN(c1cncc(Cl)n1)C2. The predicted molar refractivity (Wildman–Crippen MR) is 79.5 cm³/mol.